The standard InChI is InChI=1S/C16H17ClN4O4S/c1-12-10-14(21(22)23)11-18-16(12)19-6-8-20(9-7-19)26(24,25)15-4-2-13(17)3-5-15/h2-5,10-11H,6-9H2,1H3. The number of anilines is 1. The van der Waals surface area contributed by atoms with E-state index in [2.05, 4.69) is 4.98 Å². The molecule has 1 saturated heterocycles. The van der Waals surface area contributed by atoms with E-state index in [0.717, 1.165) is 0 Å². The molecule has 8 nitrogen and oxygen atoms in total. The third-order valence-corrected chi connectivity index (χ3v) is 6.40. The van der Waals surface area contributed by atoms with Gasteiger partial charge in [0.05, 0.1) is 9.82 Å². The van der Waals surface area contributed by atoms with Gasteiger partial charge in [0.15, 0.2) is 0 Å². The van der Waals surface area contributed by atoms with Gasteiger partial charge in [0.2, 0.25) is 10.0 Å². The number of sulfonamides is 1. The van der Waals surface area contributed by atoms with Crippen LogP contribution in [0.1, 0.15) is 5.56 Å². The van der Waals surface area contributed by atoms with Gasteiger partial charge in [-0.1, -0.05) is 11.6 Å². The summed E-state index contributed by atoms with van der Waals surface area (Å²) >= 11 is 5.82. The molecule has 1 aromatic carbocycles. The molecule has 2 aromatic rings. The van der Waals surface area contributed by atoms with Crippen molar-refractivity contribution in [3.63, 3.8) is 0 Å². The maximum absolute atomic E-state index is 12.7. The lowest BCUT2D eigenvalue weighted by atomic mass is 10.2. The maximum Gasteiger partial charge on any atom is 0.287 e. The van der Waals surface area contributed by atoms with Crippen molar-refractivity contribution < 1.29 is 13.3 Å². The minimum Gasteiger partial charge on any atom is -0.354 e. The molecule has 0 saturated carbocycles. The normalized spacial score (nSPS) is 15.8. The smallest absolute Gasteiger partial charge is 0.287 e. The molecule has 0 radical (unpaired) electrons. The molecule has 0 atom stereocenters. The summed E-state index contributed by atoms with van der Waals surface area (Å²) in [5.41, 5.74) is 0.628. The van der Waals surface area contributed by atoms with E-state index in [-0.39, 0.29) is 10.6 Å². The first-order valence-corrected chi connectivity index (χ1v) is 9.72. The van der Waals surface area contributed by atoms with Crippen molar-refractivity contribution in [3.8, 4) is 0 Å². The van der Waals surface area contributed by atoms with Gasteiger partial charge < -0.3 is 4.90 Å². The quantitative estimate of drug-likeness (QED) is 0.581. The molecule has 0 bridgehead atoms. The zero-order chi connectivity index (χ0) is 18.9. The monoisotopic (exact) mass is 396 g/mol. The summed E-state index contributed by atoms with van der Waals surface area (Å²) in [6, 6.07) is 7.56. The van der Waals surface area contributed by atoms with Crippen LogP contribution in [0, 0.1) is 17.0 Å². The van der Waals surface area contributed by atoms with Crippen LogP contribution in [0.5, 0.6) is 0 Å². The van der Waals surface area contributed by atoms with Crippen molar-refractivity contribution in [1.82, 2.24) is 9.29 Å². The Morgan fingerprint density at radius 2 is 1.77 bits per heavy atom. The molecule has 1 aromatic heterocycles. The lowest BCUT2D eigenvalue weighted by molar-refractivity contribution is -0.385. The molecule has 0 aliphatic carbocycles. The van der Waals surface area contributed by atoms with Crippen molar-refractivity contribution in [3.05, 3.63) is 57.2 Å². The summed E-state index contributed by atoms with van der Waals surface area (Å²) < 4.78 is 26.8. The lowest BCUT2D eigenvalue weighted by Gasteiger charge is -2.35. The zero-order valence-electron chi connectivity index (χ0n) is 14.0. The Bertz CT molecular complexity index is 926. The fourth-order valence-electron chi connectivity index (χ4n) is 2.88. The Balaban J connectivity index is 1.73. The Kier molecular flexibility index (Phi) is 5.12. The molecule has 3 rings (SSSR count). The van der Waals surface area contributed by atoms with E-state index in [0.29, 0.717) is 42.6 Å². The van der Waals surface area contributed by atoms with Crippen LogP contribution < -0.4 is 4.90 Å². The number of rotatable bonds is 4. The largest absolute Gasteiger partial charge is 0.354 e. The average Bonchev–Trinajstić information content (AvgIpc) is 2.62. The van der Waals surface area contributed by atoms with Crippen LogP contribution in [0.3, 0.4) is 0 Å². The Hall–Kier alpha value is -2.23. The molecular weight excluding hydrogens is 380 g/mol. The molecule has 10 heteroatoms. The first kappa shape index (κ1) is 18.6. The molecule has 138 valence electrons. The van der Waals surface area contributed by atoms with Crippen LogP contribution in [-0.2, 0) is 10.0 Å². The number of aryl methyl sites for hydroxylation is 1. The predicted octanol–water partition coefficient (Wildman–Crippen LogP) is 2.46. The summed E-state index contributed by atoms with van der Waals surface area (Å²) in [5.74, 6) is 0.638. The molecule has 26 heavy (non-hydrogen) atoms. The van der Waals surface area contributed by atoms with Crippen molar-refractivity contribution in [2.45, 2.75) is 11.8 Å². The number of nitro groups is 1. The van der Waals surface area contributed by atoms with Gasteiger partial charge in [0.1, 0.15) is 12.0 Å². The summed E-state index contributed by atoms with van der Waals surface area (Å²) in [6.07, 6.45) is 1.22. The van der Waals surface area contributed by atoms with Gasteiger partial charge in [-0.3, -0.25) is 10.1 Å². The Morgan fingerprint density at radius 3 is 2.31 bits per heavy atom. The van der Waals surface area contributed by atoms with E-state index in [1.807, 2.05) is 4.90 Å². The Morgan fingerprint density at radius 1 is 1.15 bits per heavy atom. The molecule has 1 fully saturated rings. The van der Waals surface area contributed by atoms with Crippen molar-refractivity contribution in [1.29, 1.82) is 0 Å². The fourth-order valence-corrected chi connectivity index (χ4v) is 4.43. The molecule has 1 aliphatic heterocycles. The minimum absolute atomic E-state index is 0.0600. The maximum atomic E-state index is 12.7. The predicted molar refractivity (Wildman–Crippen MR) is 98.1 cm³/mol. The van der Waals surface area contributed by atoms with Crippen molar-refractivity contribution >= 4 is 33.1 Å². The minimum atomic E-state index is -3.57. The molecule has 1 aliphatic rings. The number of hydrogen-bond donors (Lipinski definition) is 0. The summed E-state index contributed by atoms with van der Waals surface area (Å²) in [7, 11) is -3.57. The van der Waals surface area contributed by atoms with E-state index in [1.165, 1.54) is 28.7 Å². The van der Waals surface area contributed by atoms with E-state index in [4.69, 9.17) is 11.6 Å². The second kappa shape index (κ2) is 7.18. The number of pyridine rings is 1. The summed E-state index contributed by atoms with van der Waals surface area (Å²) in [4.78, 5) is 16.7. The van der Waals surface area contributed by atoms with Gasteiger partial charge >= 0.3 is 0 Å². The van der Waals surface area contributed by atoms with Gasteiger partial charge in [-0.25, -0.2) is 13.4 Å². The van der Waals surface area contributed by atoms with Crippen LogP contribution in [-0.4, -0.2) is 48.8 Å². The van der Waals surface area contributed by atoms with E-state index in [1.54, 1.807) is 19.1 Å². The summed E-state index contributed by atoms with van der Waals surface area (Å²) in [6.45, 7) is 3.29. The van der Waals surface area contributed by atoms with Crippen LogP contribution >= 0.6 is 11.6 Å². The van der Waals surface area contributed by atoms with Gasteiger partial charge in [-0.05, 0) is 36.8 Å². The molecule has 0 unspecified atom stereocenters. The number of aromatic nitrogens is 1. The van der Waals surface area contributed by atoms with Crippen molar-refractivity contribution in [2.24, 2.45) is 0 Å². The highest BCUT2D eigenvalue weighted by molar-refractivity contribution is 7.89. The average molecular weight is 397 g/mol. The zero-order valence-corrected chi connectivity index (χ0v) is 15.6. The highest BCUT2D eigenvalue weighted by atomic mass is 35.5. The van der Waals surface area contributed by atoms with Crippen LogP contribution in [0.4, 0.5) is 11.5 Å². The first-order chi connectivity index (χ1) is 12.3. The fraction of sp³-hybridized carbons (Fsp3) is 0.312. The third-order valence-electron chi connectivity index (χ3n) is 4.24. The van der Waals surface area contributed by atoms with E-state index in [9.17, 15) is 18.5 Å². The molecular formula is C16H17ClN4O4S. The van der Waals surface area contributed by atoms with Crippen LogP contribution in [0.2, 0.25) is 5.02 Å². The molecule has 0 amide bonds. The van der Waals surface area contributed by atoms with Crippen molar-refractivity contribution in [2.75, 3.05) is 31.1 Å². The van der Waals surface area contributed by atoms with E-state index < -0.39 is 14.9 Å². The second-order valence-electron chi connectivity index (χ2n) is 5.94. The highest BCUT2D eigenvalue weighted by Gasteiger charge is 2.29. The lowest BCUT2D eigenvalue weighted by Crippen LogP contribution is -2.49. The first-order valence-electron chi connectivity index (χ1n) is 7.91. The van der Waals surface area contributed by atoms with Crippen LogP contribution in [0.15, 0.2) is 41.4 Å². The number of halogens is 1. The highest BCUT2D eigenvalue weighted by Crippen LogP contribution is 2.25. The van der Waals surface area contributed by atoms with Gasteiger partial charge in [0.25, 0.3) is 5.69 Å². The third kappa shape index (κ3) is 3.64. The van der Waals surface area contributed by atoms with E-state index >= 15 is 0 Å². The number of hydrogen-bond acceptors (Lipinski definition) is 6. The Labute approximate surface area is 156 Å². The number of benzene rings is 1. The number of piperazine rings is 1. The molecule has 0 N–H and O–H groups in total. The second-order valence-corrected chi connectivity index (χ2v) is 8.31. The molecule has 0 spiro atoms. The van der Waals surface area contributed by atoms with Crippen LogP contribution in [0.25, 0.3) is 0 Å². The number of nitrogens with zero attached hydrogens (tertiary/aromatic N) is 4. The SMILES string of the molecule is Cc1cc([N+](=O)[O-])cnc1N1CCN(S(=O)(=O)c2ccc(Cl)cc2)CC1. The van der Waals surface area contributed by atoms with Gasteiger partial charge in [0, 0.05) is 37.3 Å². The van der Waals surface area contributed by atoms with Gasteiger partial charge in [-0.2, -0.15) is 4.31 Å². The van der Waals surface area contributed by atoms with Gasteiger partial charge in [-0.15, -0.1) is 0 Å². The topological polar surface area (TPSA) is 96.7 Å². The molecule has 2 heterocycles. The summed E-state index contributed by atoms with van der Waals surface area (Å²) in [5, 5.41) is 11.3.